The van der Waals surface area contributed by atoms with Crippen LogP contribution >= 0.6 is 0 Å². The molecule has 0 bridgehead atoms. The monoisotopic (exact) mass is 133 g/mol. The standard InChI is InChI=1S/C4H12N.C2H5NO/c1-5(2,3)4;1-2(3)4/h1-4H3;1H3,(H2,3,4)/q+1;. The topological polar surface area (TPSA) is 43.1 Å². The number of primary amides is 1. The Balaban J connectivity index is 0. The molecule has 0 rings (SSSR count). The summed E-state index contributed by atoms with van der Waals surface area (Å²) in [6.45, 7) is 1.31. The number of rotatable bonds is 0. The fourth-order valence-corrected chi connectivity index (χ4v) is 0. The average molecular weight is 133 g/mol. The smallest absolute Gasteiger partial charge is 0.214 e. The molecule has 0 spiro atoms. The molecule has 0 radical (unpaired) electrons. The number of hydrogen-bond acceptors (Lipinski definition) is 1. The summed E-state index contributed by atoms with van der Waals surface area (Å²) >= 11 is 0. The lowest BCUT2D eigenvalue weighted by Gasteiger charge is -2.14. The minimum Gasteiger partial charge on any atom is -0.370 e. The van der Waals surface area contributed by atoms with Crippen molar-refractivity contribution in [3.05, 3.63) is 0 Å². The predicted octanol–water partition coefficient (Wildman–Crippen LogP) is -0.186. The van der Waals surface area contributed by atoms with Crippen LogP contribution in [0.4, 0.5) is 0 Å². The highest BCUT2D eigenvalue weighted by Crippen LogP contribution is 1.73. The number of nitrogens with two attached hydrogens (primary N) is 1. The lowest BCUT2D eigenvalue weighted by molar-refractivity contribution is -0.849. The van der Waals surface area contributed by atoms with Gasteiger partial charge in [-0.3, -0.25) is 4.79 Å². The Bertz CT molecular complexity index is 73.5. The Morgan fingerprint density at radius 3 is 1.22 bits per heavy atom. The summed E-state index contributed by atoms with van der Waals surface area (Å²) < 4.78 is 1.00. The van der Waals surface area contributed by atoms with Crippen LogP contribution in [-0.2, 0) is 4.79 Å². The number of amides is 1. The zero-order valence-electron chi connectivity index (χ0n) is 6.93. The molecule has 0 aromatic heterocycles. The Kier molecular flexibility index (Phi) is 5.41. The van der Waals surface area contributed by atoms with E-state index in [4.69, 9.17) is 0 Å². The van der Waals surface area contributed by atoms with Gasteiger partial charge in [0.15, 0.2) is 0 Å². The number of quaternary nitrogens is 1. The van der Waals surface area contributed by atoms with Gasteiger partial charge in [0.2, 0.25) is 5.91 Å². The Hall–Kier alpha value is -0.570. The zero-order valence-corrected chi connectivity index (χ0v) is 6.93. The maximum Gasteiger partial charge on any atom is 0.214 e. The first-order valence-electron chi connectivity index (χ1n) is 2.78. The predicted molar refractivity (Wildman–Crippen MR) is 38.8 cm³/mol. The third-order valence-corrected chi connectivity index (χ3v) is 0. The van der Waals surface area contributed by atoms with E-state index < -0.39 is 0 Å². The van der Waals surface area contributed by atoms with Crippen molar-refractivity contribution in [2.24, 2.45) is 5.73 Å². The molecule has 0 fully saturated rings. The molecule has 0 atom stereocenters. The summed E-state index contributed by atoms with van der Waals surface area (Å²) in [7, 11) is 8.50. The molecular weight excluding hydrogens is 116 g/mol. The van der Waals surface area contributed by atoms with E-state index >= 15 is 0 Å². The van der Waals surface area contributed by atoms with Crippen molar-refractivity contribution in [1.82, 2.24) is 0 Å². The molecule has 0 aliphatic heterocycles. The summed E-state index contributed by atoms with van der Waals surface area (Å²) in [5.41, 5.74) is 4.47. The van der Waals surface area contributed by atoms with E-state index in [0.29, 0.717) is 0 Å². The summed E-state index contributed by atoms with van der Waals surface area (Å²) in [5, 5.41) is 0. The minimum absolute atomic E-state index is 0.333. The van der Waals surface area contributed by atoms with E-state index in [1.165, 1.54) is 6.92 Å². The molecule has 56 valence electrons. The molecule has 3 nitrogen and oxygen atoms in total. The molecule has 0 heterocycles. The van der Waals surface area contributed by atoms with Crippen LogP contribution in [0.1, 0.15) is 6.92 Å². The van der Waals surface area contributed by atoms with Crippen molar-refractivity contribution in [2.45, 2.75) is 6.92 Å². The molecule has 0 saturated heterocycles. The van der Waals surface area contributed by atoms with E-state index in [-0.39, 0.29) is 5.91 Å². The summed E-state index contributed by atoms with van der Waals surface area (Å²) in [6.07, 6.45) is 0. The van der Waals surface area contributed by atoms with Gasteiger partial charge in [0.1, 0.15) is 0 Å². The average Bonchev–Trinajstić information content (AvgIpc) is 1.19. The number of hydrogen-bond donors (Lipinski definition) is 1. The summed E-state index contributed by atoms with van der Waals surface area (Å²) in [4.78, 5) is 9.22. The molecule has 9 heavy (non-hydrogen) atoms. The van der Waals surface area contributed by atoms with Crippen LogP contribution in [0.15, 0.2) is 0 Å². The first-order chi connectivity index (χ1) is 3.73. The van der Waals surface area contributed by atoms with Crippen molar-refractivity contribution in [2.75, 3.05) is 28.2 Å². The van der Waals surface area contributed by atoms with Crippen molar-refractivity contribution in [3.8, 4) is 0 Å². The second-order valence-electron chi connectivity index (χ2n) is 3.29. The summed E-state index contributed by atoms with van der Waals surface area (Å²) in [5.74, 6) is -0.333. The van der Waals surface area contributed by atoms with Gasteiger partial charge in [0.25, 0.3) is 0 Å². The Morgan fingerprint density at radius 1 is 1.22 bits per heavy atom. The molecule has 0 aromatic carbocycles. The highest BCUT2D eigenvalue weighted by molar-refractivity contribution is 5.70. The highest BCUT2D eigenvalue weighted by atomic mass is 16.1. The first kappa shape index (κ1) is 11.3. The van der Waals surface area contributed by atoms with E-state index in [1.807, 2.05) is 0 Å². The van der Waals surface area contributed by atoms with E-state index in [9.17, 15) is 4.79 Å². The highest BCUT2D eigenvalue weighted by Gasteiger charge is 1.88. The van der Waals surface area contributed by atoms with Gasteiger partial charge in [-0.05, 0) is 0 Å². The molecule has 0 unspecified atom stereocenters. The molecule has 0 aromatic rings. The van der Waals surface area contributed by atoms with Gasteiger partial charge in [-0.2, -0.15) is 0 Å². The number of carbonyl (C=O) groups excluding carboxylic acids is 1. The van der Waals surface area contributed by atoms with Crippen molar-refractivity contribution in [1.29, 1.82) is 0 Å². The van der Waals surface area contributed by atoms with Gasteiger partial charge in [-0.15, -0.1) is 0 Å². The minimum atomic E-state index is -0.333. The van der Waals surface area contributed by atoms with Crippen molar-refractivity contribution >= 4 is 5.91 Å². The van der Waals surface area contributed by atoms with E-state index in [2.05, 4.69) is 33.9 Å². The van der Waals surface area contributed by atoms with Crippen LogP contribution in [-0.4, -0.2) is 38.6 Å². The van der Waals surface area contributed by atoms with Gasteiger partial charge < -0.3 is 10.2 Å². The molecule has 0 aliphatic carbocycles. The van der Waals surface area contributed by atoms with Gasteiger partial charge in [-0.1, -0.05) is 0 Å². The second-order valence-corrected chi connectivity index (χ2v) is 3.29. The quantitative estimate of drug-likeness (QED) is 0.457. The zero-order chi connectivity index (χ0) is 8.08. The molecule has 3 heteroatoms. The van der Waals surface area contributed by atoms with Crippen molar-refractivity contribution < 1.29 is 9.28 Å². The normalized spacial score (nSPS) is 9.44. The fraction of sp³-hybridized carbons (Fsp3) is 0.833. The molecule has 1 amide bonds. The largest absolute Gasteiger partial charge is 0.370 e. The van der Waals surface area contributed by atoms with Gasteiger partial charge in [0, 0.05) is 6.92 Å². The van der Waals surface area contributed by atoms with Crippen LogP contribution in [0, 0.1) is 0 Å². The van der Waals surface area contributed by atoms with Crippen LogP contribution in [0.5, 0.6) is 0 Å². The maximum absolute atomic E-state index is 9.22. The third-order valence-electron chi connectivity index (χ3n) is 0. The van der Waals surface area contributed by atoms with Crippen LogP contribution in [0.2, 0.25) is 0 Å². The Morgan fingerprint density at radius 2 is 1.22 bits per heavy atom. The van der Waals surface area contributed by atoms with Crippen LogP contribution in [0.25, 0.3) is 0 Å². The molecule has 2 N–H and O–H groups in total. The van der Waals surface area contributed by atoms with Crippen LogP contribution in [0.3, 0.4) is 0 Å². The van der Waals surface area contributed by atoms with Gasteiger partial charge >= 0.3 is 0 Å². The lowest BCUT2D eigenvalue weighted by Crippen LogP contribution is -2.27. The second kappa shape index (κ2) is 4.32. The van der Waals surface area contributed by atoms with E-state index in [0.717, 1.165) is 4.48 Å². The number of nitrogens with zero attached hydrogens (tertiary/aromatic N) is 1. The van der Waals surface area contributed by atoms with Crippen LogP contribution < -0.4 is 5.73 Å². The number of carbonyl (C=O) groups is 1. The SMILES string of the molecule is CC(N)=O.C[N+](C)(C)C. The summed E-state index contributed by atoms with van der Waals surface area (Å²) in [6, 6.07) is 0. The van der Waals surface area contributed by atoms with Crippen molar-refractivity contribution in [3.63, 3.8) is 0 Å². The van der Waals surface area contributed by atoms with Gasteiger partial charge in [0.05, 0.1) is 28.2 Å². The molecular formula is C6H17N2O+. The fourth-order valence-electron chi connectivity index (χ4n) is 0. The third kappa shape index (κ3) is 674. The molecule has 0 saturated carbocycles. The lowest BCUT2D eigenvalue weighted by atomic mass is 10.8. The van der Waals surface area contributed by atoms with Gasteiger partial charge in [-0.25, -0.2) is 0 Å². The Labute approximate surface area is 57.0 Å². The maximum atomic E-state index is 9.22. The first-order valence-corrected chi connectivity index (χ1v) is 2.78. The molecule has 0 aliphatic rings. The van der Waals surface area contributed by atoms with E-state index in [1.54, 1.807) is 0 Å².